The predicted molar refractivity (Wildman–Crippen MR) is 108 cm³/mol. The second-order valence-corrected chi connectivity index (χ2v) is 8.26. The number of primary amides is 1. The molecule has 4 rings (SSSR count). The van der Waals surface area contributed by atoms with Crippen LogP contribution in [0.4, 0.5) is 0 Å². The third-order valence-corrected chi connectivity index (χ3v) is 6.51. The summed E-state index contributed by atoms with van der Waals surface area (Å²) < 4.78 is 2.84. The first-order valence-electron chi connectivity index (χ1n) is 9.41. The summed E-state index contributed by atoms with van der Waals surface area (Å²) in [6.07, 6.45) is 1.23. The summed E-state index contributed by atoms with van der Waals surface area (Å²) in [6, 6.07) is 7.99. The van der Waals surface area contributed by atoms with Crippen LogP contribution in [0.5, 0.6) is 0 Å². The number of rotatable bonds is 5. The Hall–Kier alpha value is -2.74. The number of nitrogens with two attached hydrogens (primary N) is 1. The molecule has 28 heavy (non-hydrogen) atoms. The Labute approximate surface area is 167 Å². The zero-order valence-corrected chi connectivity index (χ0v) is 16.8. The number of likely N-dealkylation sites (tertiary alicyclic amines) is 1. The lowest BCUT2D eigenvalue weighted by atomic mass is 9.95. The molecule has 8 heteroatoms. The monoisotopic (exact) mass is 397 g/mol. The molecule has 1 aliphatic rings. The number of nitrogens with zero attached hydrogens (tertiary/aromatic N) is 4. The molecular weight excluding hydrogens is 374 g/mol. The van der Waals surface area contributed by atoms with Crippen LogP contribution in [0, 0.1) is 13.8 Å². The number of thiophene rings is 1. The summed E-state index contributed by atoms with van der Waals surface area (Å²) in [4.78, 5) is 31.5. The van der Waals surface area contributed by atoms with Gasteiger partial charge in [0, 0.05) is 30.1 Å². The summed E-state index contributed by atoms with van der Waals surface area (Å²) in [5.41, 5.74) is 6.65. The van der Waals surface area contributed by atoms with Gasteiger partial charge in [-0.15, -0.1) is 11.3 Å². The molecule has 3 aromatic rings. The highest BCUT2D eigenvalue weighted by Gasteiger charge is 2.32. The molecular formula is C20H23N5O2S. The zero-order chi connectivity index (χ0) is 19.8. The molecule has 0 aliphatic carbocycles. The summed E-state index contributed by atoms with van der Waals surface area (Å²) in [6.45, 7) is 5.58. The highest BCUT2D eigenvalue weighted by molar-refractivity contribution is 7.21. The molecule has 1 fully saturated rings. The average Bonchev–Trinajstić information content (AvgIpc) is 3.35. The van der Waals surface area contributed by atoms with Gasteiger partial charge >= 0.3 is 0 Å². The minimum absolute atomic E-state index is 0.107. The summed E-state index contributed by atoms with van der Waals surface area (Å²) >= 11 is 1.44. The van der Waals surface area contributed by atoms with Gasteiger partial charge in [-0.25, -0.2) is 9.67 Å². The van der Waals surface area contributed by atoms with Gasteiger partial charge in [-0.2, -0.15) is 5.10 Å². The van der Waals surface area contributed by atoms with E-state index in [1.165, 1.54) is 11.3 Å². The van der Waals surface area contributed by atoms with Crippen molar-refractivity contribution < 1.29 is 9.59 Å². The van der Waals surface area contributed by atoms with E-state index < -0.39 is 5.91 Å². The van der Waals surface area contributed by atoms with E-state index >= 15 is 0 Å². The number of benzene rings is 1. The fourth-order valence-corrected chi connectivity index (χ4v) is 5.15. The molecule has 0 spiro atoms. The van der Waals surface area contributed by atoms with Crippen LogP contribution in [0.2, 0.25) is 0 Å². The lowest BCUT2D eigenvalue weighted by Crippen LogP contribution is -2.29. The second-order valence-electron chi connectivity index (χ2n) is 7.21. The van der Waals surface area contributed by atoms with E-state index in [1.807, 2.05) is 43.0 Å². The van der Waals surface area contributed by atoms with Gasteiger partial charge in [0.2, 0.25) is 5.91 Å². The first kappa shape index (κ1) is 18.6. The van der Waals surface area contributed by atoms with E-state index in [-0.39, 0.29) is 11.8 Å². The predicted octanol–water partition coefficient (Wildman–Crippen LogP) is 2.61. The molecule has 3 heterocycles. The minimum Gasteiger partial charge on any atom is -0.365 e. The average molecular weight is 398 g/mol. The van der Waals surface area contributed by atoms with Gasteiger partial charge in [0.25, 0.3) is 5.91 Å². The van der Waals surface area contributed by atoms with Crippen LogP contribution in [0.15, 0.2) is 24.3 Å². The number of aryl methyl sites for hydroxylation is 3. The van der Waals surface area contributed by atoms with Gasteiger partial charge in [-0.1, -0.05) is 18.2 Å². The van der Waals surface area contributed by atoms with Gasteiger partial charge < -0.3 is 10.6 Å². The molecule has 0 saturated carbocycles. The van der Waals surface area contributed by atoms with Crippen LogP contribution in [0.1, 0.15) is 45.6 Å². The van der Waals surface area contributed by atoms with Crippen molar-refractivity contribution in [2.45, 2.75) is 39.2 Å². The Balaban J connectivity index is 1.49. The maximum absolute atomic E-state index is 12.7. The third-order valence-electron chi connectivity index (χ3n) is 5.31. The van der Waals surface area contributed by atoms with Crippen molar-refractivity contribution in [3.63, 3.8) is 0 Å². The Kier molecular flexibility index (Phi) is 4.89. The summed E-state index contributed by atoms with van der Waals surface area (Å²) in [5.74, 6) is 1.39. The van der Waals surface area contributed by atoms with E-state index in [0.717, 1.165) is 33.7 Å². The Bertz CT molecular complexity index is 1050. The molecule has 0 bridgehead atoms. The van der Waals surface area contributed by atoms with Gasteiger partial charge in [-0.05, 0) is 37.3 Å². The summed E-state index contributed by atoms with van der Waals surface area (Å²) in [7, 11) is 0. The molecule has 2 amide bonds. The van der Waals surface area contributed by atoms with Crippen molar-refractivity contribution in [2.24, 2.45) is 5.73 Å². The van der Waals surface area contributed by atoms with Gasteiger partial charge in [0.05, 0.1) is 11.4 Å². The largest absolute Gasteiger partial charge is 0.365 e. The van der Waals surface area contributed by atoms with Gasteiger partial charge in [0.1, 0.15) is 11.6 Å². The molecule has 1 saturated heterocycles. The molecule has 7 nitrogen and oxygen atoms in total. The maximum Gasteiger partial charge on any atom is 0.259 e. The molecule has 2 N–H and O–H groups in total. The quantitative estimate of drug-likeness (QED) is 0.716. The van der Waals surface area contributed by atoms with Crippen LogP contribution >= 0.6 is 11.3 Å². The molecule has 146 valence electrons. The number of amides is 2. The van der Waals surface area contributed by atoms with Crippen LogP contribution < -0.4 is 5.73 Å². The van der Waals surface area contributed by atoms with Crippen molar-refractivity contribution in [1.29, 1.82) is 0 Å². The molecule has 1 aliphatic heterocycles. The number of hydrogen-bond donors (Lipinski definition) is 1. The minimum atomic E-state index is -0.391. The van der Waals surface area contributed by atoms with Gasteiger partial charge in [-0.3, -0.25) is 9.59 Å². The van der Waals surface area contributed by atoms with E-state index in [1.54, 1.807) is 4.68 Å². The normalized spacial score (nSPS) is 16.8. The number of aromatic nitrogens is 3. The van der Waals surface area contributed by atoms with Crippen LogP contribution in [0.3, 0.4) is 0 Å². The van der Waals surface area contributed by atoms with E-state index in [4.69, 9.17) is 5.73 Å². The lowest BCUT2D eigenvalue weighted by Gasteiger charge is -2.17. The van der Waals surface area contributed by atoms with E-state index in [2.05, 4.69) is 10.1 Å². The van der Waals surface area contributed by atoms with E-state index in [9.17, 15) is 9.59 Å². The Morgan fingerprint density at radius 2 is 2.07 bits per heavy atom. The van der Waals surface area contributed by atoms with E-state index in [0.29, 0.717) is 30.9 Å². The van der Waals surface area contributed by atoms with Gasteiger partial charge in [0.15, 0.2) is 0 Å². The summed E-state index contributed by atoms with van der Waals surface area (Å²) in [5, 5.41) is 5.39. The second kappa shape index (κ2) is 7.35. The molecule has 1 atom stereocenters. The fraction of sp³-hybridized carbons (Fsp3) is 0.400. The van der Waals surface area contributed by atoms with Crippen molar-refractivity contribution in [3.8, 4) is 0 Å². The third kappa shape index (κ3) is 3.40. The van der Waals surface area contributed by atoms with Crippen molar-refractivity contribution in [1.82, 2.24) is 19.7 Å². The highest BCUT2D eigenvalue weighted by atomic mass is 32.1. The van der Waals surface area contributed by atoms with Crippen LogP contribution in [-0.4, -0.2) is 44.6 Å². The highest BCUT2D eigenvalue weighted by Crippen LogP contribution is 2.40. The first-order valence-corrected chi connectivity index (χ1v) is 10.2. The molecule has 0 unspecified atom stereocenters. The van der Waals surface area contributed by atoms with Crippen LogP contribution in [-0.2, 0) is 11.3 Å². The van der Waals surface area contributed by atoms with Crippen LogP contribution in [0.25, 0.3) is 10.1 Å². The number of carbonyl (C=O) groups is 2. The fourth-order valence-electron chi connectivity index (χ4n) is 4.01. The van der Waals surface area contributed by atoms with Crippen molar-refractivity contribution in [2.75, 3.05) is 13.1 Å². The Morgan fingerprint density at radius 1 is 1.29 bits per heavy atom. The Morgan fingerprint density at radius 3 is 2.79 bits per heavy atom. The zero-order valence-electron chi connectivity index (χ0n) is 16.0. The first-order chi connectivity index (χ1) is 13.4. The number of carbonyl (C=O) groups excluding carboxylic acids is 2. The lowest BCUT2D eigenvalue weighted by molar-refractivity contribution is -0.130. The maximum atomic E-state index is 12.7. The molecule has 0 radical (unpaired) electrons. The topological polar surface area (TPSA) is 94.1 Å². The SMILES string of the molecule is Cc1nc(C)n(CCC(=O)N2CC[C@H](c3c(C(N)=O)sc4ccccc34)C2)n1. The number of hydrogen-bond acceptors (Lipinski definition) is 5. The molecule has 2 aromatic heterocycles. The standard InChI is InChI=1S/C20H23N5O2S/c1-12-22-13(2)25(23-12)10-8-17(26)24-9-7-14(11-24)18-15-5-3-4-6-16(15)28-19(18)20(21)27/h3-6,14H,7-11H2,1-2H3,(H2,21,27)/t14-/m0/s1. The molecule has 1 aromatic carbocycles. The van der Waals surface area contributed by atoms with Crippen molar-refractivity contribution >= 4 is 33.2 Å². The number of fused-ring (bicyclic) bond motifs is 1. The smallest absolute Gasteiger partial charge is 0.259 e. The van der Waals surface area contributed by atoms with Crippen molar-refractivity contribution in [3.05, 3.63) is 46.4 Å².